The van der Waals surface area contributed by atoms with Gasteiger partial charge in [-0.2, -0.15) is 0 Å². The lowest BCUT2D eigenvalue weighted by Crippen LogP contribution is -2.28. The van der Waals surface area contributed by atoms with E-state index in [1.165, 1.54) is 19.2 Å². The van der Waals surface area contributed by atoms with Gasteiger partial charge in [0.05, 0.1) is 7.11 Å². The lowest BCUT2D eigenvalue weighted by atomic mass is 10.0. The first kappa shape index (κ1) is 17.4. The summed E-state index contributed by atoms with van der Waals surface area (Å²) in [7, 11) is -2.25. The first-order valence-electron chi connectivity index (χ1n) is 7.23. The van der Waals surface area contributed by atoms with Crippen molar-refractivity contribution in [3.8, 4) is 5.75 Å². The van der Waals surface area contributed by atoms with E-state index in [2.05, 4.69) is 4.72 Å². The molecule has 0 aliphatic heterocycles. The molecule has 2 rings (SSSR count). The van der Waals surface area contributed by atoms with Gasteiger partial charge in [-0.3, -0.25) is 0 Å². The highest BCUT2D eigenvalue weighted by atomic mass is 32.2. The number of ether oxygens (including phenoxy) is 1. The predicted octanol–water partition coefficient (Wildman–Crippen LogP) is 3.22. The van der Waals surface area contributed by atoms with Gasteiger partial charge in [0, 0.05) is 6.54 Å². The maximum Gasteiger partial charge on any atom is 0.244 e. The number of halogens is 1. The fraction of sp³-hybridized carbons (Fsp3) is 0.294. The Bertz CT molecular complexity index is 773. The average Bonchev–Trinajstić information content (AvgIpc) is 2.53. The van der Waals surface area contributed by atoms with Crippen molar-refractivity contribution >= 4 is 10.0 Å². The Morgan fingerprint density at radius 1 is 1.17 bits per heavy atom. The van der Waals surface area contributed by atoms with Crippen molar-refractivity contribution in [2.24, 2.45) is 0 Å². The second-order valence-corrected chi connectivity index (χ2v) is 7.19. The number of rotatable bonds is 6. The van der Waals surface area contributed by atoms with Crippen LogP contribution in [0.1, 0.15) is 24.0 Å². The van der Waals surface area contributed by atoms with Crippen LogP contribution in [-0.4, -0.2) is 22.1 Å². The Balaban J connectivity index is 2.15. The minimum Gasteiger partial charge on any atom is -0.495 e. The number of benzene rings is 2. The first-order valence-corrected chi connectivity index (χ1v) is 8.71. The normalized spacial score (nSPS) is 12.9. The molecule has 0 amide bonds. The molecule has 0 saturated heterocycles. The minimum atomic E-state index is -3.69. The average molecular weight is 337 g/mol. The fourth-order valence-corrected chi connectivity index (χ4v) is 3.60. The Kier molecular flexibility index (Phi) is 5.38. The van der Waals surface area contributed by atoms with Gasteiger partial charge in [0.25, 0.3) is 0 Å². The number of sulfonamides is 1. The lowest BCUT2D eigenvalue weighted by Gasteiger charge is -2.15. The number of aryl methyl sites for hydroxylation is 1. The Labute approximate surface area is 136 Å². The fourth-order valence-electron chi connectivity index (χ4n) is 2.22. The minimum absolute atomic E-state index is 0.0822. The van der Waals surface area contributed by atoms with E-state index in [4.69, 9.17) is 4.74 Å². The quantitative estimate of drug-likeness (QED) is 0.880. The number of methoxy groups -OCH3 is 1. The van der Waals surface area contributed by atoms with Crippen LogP contribution in [0.5, 0.6) is 5.75 Å². The van der Waals surface area contributed by atoms with Crippen LogP contribution < -0.4 is 9.46 Å². The van der Waals surface area contributed by atoms with Gasteiger partial charge in [-0.15, -0.1) is 0 Å². The standard InChI is InChI=1S/C17H20FNO3S/c1-12-4-9-16(22-3)17(10-12)23(20,21)19-11-13(2)14-5-7-15(18)8-6-14/h4-10,13,19H,11H2,1-3H3. The summed E-state index contributed by atoms with van der Waals surface area (Å²) in [6.45, 7) is 3.91. The Morgan fingerprint density at radius 3 is 2.43 bits per heavy atom. The zero-order valence-electron chi connectivity index (χ0n) is 13.3. The topological polar surface area (TPSA) is 55.4 Å². The van der Waals surface area contributed by atoms with Gasteiger partial charge in [-0.25, -0.2) is 17.5 Å². The van der Waals surface area contributed by atoms with E-state index < -0.39 is 10.0 Å². The lowest BCUT2D eigenvalue weighted by molar-refractivity contribution is 0.402. The van der Waals surface area contributed by atoms with E-state index in [0.717, 1.165) is 11.1 Å². The van der Waals surface area contributed by atoms with Crippen LogP contribution in [0.25, 0.3) is 0 Å². The molecule has 0 saturated carbocycles. The SMILES string of the molecule is COc1ccc(C)cc1S(=O)(=O)NCC(C)c1ccc(F)cc1. The smallest absolute Gasteiger partial charge is 0.244 e. The zero-order valence-corrected chi connectivity index (χ0v) is 14.2. The molecule has 0 fully saturated rings. The van der Waals surface area contributed by atoms with Gasteiger partial charge in [0.15, 0.2) is 0 Å². The Hall–Kier alpha value is -1.92. The molecule has 23 heavy (non-hydrogen) atoms. The number of hydrogen-bond acceptors (Lipinski definition) is 3. The van der Waals surface area contributed by atoms with Crippen molar-refractivity contribution in [3.63, 3.8) is 0 Å². The van der Waals surface area contributed by atoms with Gasteiger partial charge in [-0.05, 0) is 48.2 Å². The summed E-state index contributed by atoms with van der Waals surface area (Å²) in [5.41, 5.74) is 1.70. The summed E-state index contributed by atoms with van der Waals surface area (Å²) in [5.74, 6) is -0.0928. The molecule has 6 heteroatoms. The molecule has 2 aromatic rings. The predicted molar refractivity (Wildman–Crippen MR) is 87.7 cm³/mol. The molecule has 0 radical (unpaired) electrons. The van der Waals surface area contributed by atoms with Crippen LogP contribution in [-0.2, 0) is 10.0 Å². The van der Waals surface area contributed by atoms with Crippen LogP contribution in [0.15, 0.2) is 47.4 Å². The Morgan fingerprint density at radius 2 is 1.83 bits per heavy atom. The van der Waals surface area contributed by atoms with Crippen LogP contribution in [0, 0.1) is 12.7 Å². The molecule has 0 aliphatic carbocycles. The highest BCUT2D eigenvalue weighted by Gasteiger charge is 2.20. The van der Waals surface area contributed by atoms with E-state index >= 15 is 0 Å². The van der Waals surface area contributed by atoms with Crippen molar-refractivity contribution < 1.29 is 17.5 Å². The van der Waals surface area contributed by atoms with Gasteiger partial charge < -0.3 is 4.74 Å². The molecule has 0 aliphatic rings. The van der Waals surface area contributed by atoms with E-state index in [0.29, 0.717) is 5.75 Å². The monoisotopic (exact) mass is 337 g/mol. The van der Waals surface area contributed by atoms with Crippen LogP contribution >= 0.6 is 0 Å². The summed E-state index contributed by atoms with van der Waals surface area (Å²) in [4.78, 5) is 0.117. The molecule has 0 aromatic heterocycles. The number of hydrogen-bond donors (Lipinski definition) is 1. The second kappa shape index (κ2) is 7.10. The summed E-state index contributed by atoms with van der Waals surface area (Å²) in [6.07, 6.45) is 0. The van der Waals surface area contributed by atoms with Crippen LogP contribution in [0.2, 0.25) is 0 Å². The van der Waals surface area contributed by atoms with E-state index in [-0.39, 0.29) is 23.2 Å². The van der Waals surface area contributed by atoms with Crippen LogP contribution in [0.4, 0.5) is 4.39 Å². The van der Waals surface area contributed by atoms with E-state index in [9.17, 15) is 12.8 Å². The van der Waals surface area contributed by atoms with Crippen molar-refractivity contribution in [1.82, 2.24) is 4.72 Å². The van der Waals surface area contributed by atoms with Gasteiger partial charge in [0.1, 0.15) is 16.5 Å². The molecular formula is C17H20FNO3S. The molecule has 1 atom stereocenters. The third kappa shape index (κ3) is 4.30. The second-order valence-electron chi connectivity index (χ2n) is 5.46. The molecule has 2 aromatic carbocycles. The van der Waals surface area contributed by atoms with Crippen molar-refractivity contribution in [3.05, 3.63) is 59.4 Å². The summed E-state index contributed by atoms with van der Waals surface area (Å²) in [5, 5.41) is 0. The third-order valence-electron chi connectivity index (χ3n) is 3.63. The van der Waals surface area contributed by atoms with Gasteiger partial charge in [-0.1, -0.05) is 25.1 Å². The maximum atomic E-state index is 12.9. The van der Waals surface area contributed by atoms with Crippen molar-refractivity contribution in [2.75, 3.05) is 13.7 Å². The van der Waals surface area contributed by atoms with Crippen molar-refractivity contribution in [2.45, 2.75) is 24.7 Å². The van der Waals surface area contributed by atoms with Crippen molar-refractivity contribution in [1.29, 1.82) is 0 Å². The highest BCUT2D eigenvalue weighted by Crippen LogP contribution is 2.25. The summed E-state index contributed by atoms with van der Waals surface area (Å²) < 4.78 is 45.7. The first-order chi connectivity index (χ1) is 10.8. The molecule has 1 unspecified atom stereocenters. The number of nitrogens with one attached hydrogen (secondary N) is 1. The molecule has 1 N–H and O–H groups in total. The molecule has 124 valence electrons. The largest absolute Gasteiger partial charge is 0.495 e. The molecule has 0 spiro atoms. The molecular weight excluding hydrogens is 317 g/mol. The van der Waals surface area contributed by atoms with Gasteiger partial charge in [0.2, 0.25) is 10.0 Å². The van der Waals surface area contributed by atoms with E-state index in [1.54, 1.807) is 30.3 Å². The molecule has 0 bridgehead atoms. The third-order valence-corrected chi connectivity index (χ3v) is 5.07. The molecule has 4 nitrogen and oxygen atoms in total. The molecule has 0 heterocycles. The maximum absolute atomic E-state index is 12.9. The highest BCUT2D eigenvalue weighted by molar-refractivity contribution is 7.89. The zero-order chi connectivity index (χ0) is 17.0. The van der Waals surface area contributed by atoms with Gasteiger partial charge >= 0.3 is 0 Å². The summed E-state index contributed by atoms with van der Waals surface area (Å²) >= 11 is 0. The summed E-state index contributed by atoms with van der Waals surface area (Å²) in [6, 6.07) is 11.0. The van der Waals surface area contributed by atoms with E-state index in [1.807, 2.05) is 13.8 Å². The van der Waals surface area contributed by atoms with Crippen LogP contribution in [0.3, 0.4) is 0 Å².